The first-order valence-corrected chi connectivity index (χ1v) is 19.4. The van der Waals surface area contributed by atoms with E-state index in [0.717, 1.165) is 66.5 Å². The number of fused-ring (bicyclic) bond motifs is 7. The Labute approximate surface area is 330 Å². The number of furan rings is 1. The van der Waals surface area contributed by atoms with E-state index in [1.807, 2.05) is 0 Å². The molecule has 0 N–H and O–H groups in total. The van der Waals surface area contributed by atoms with Crippen LogP contribution in [0.25, 0.3) is 82.8 Å². The number of benzene rings is 9. The van der Waals surface area contributed by atoms with Crippen molar-refractivity contribution in [3.8, 4) is 39.1 Å². The molecule has 0 atom stereocenters. The summed E-state index contributed by atoms with van der Waals surface area (Å²) < 4.78 is 9.28. The average Bonchev–Trinajstić information content (AvgIpc) is 3.84. The molecule has 0 aliphatic carbocycles. The van der Waals surface area contributed by atoms with Gasteiger partial charge in [0.1, 0.15) is 5.58 Å². The average molecular weight is 729 g/mol. The number of aromatic nitrogens is 1. The molecule has 0 bridgehead atoms. The monoisotopic (exact) mass is 728 g/mol. The molecular weight excluding hydrogens is 693 g/mol. The highest BCUT2D eigenvalue weighted by atomic mass is 16.3. The lowest BCUT2D eigenvalue weighted by atomic mass is 10.0. The molecular formula is C54H36N2O. The van der Waals surface area contributed by atoms with Crippen LogP contribution in [-0.2, 0) is 0 Å². The van der Waals surface area contributed by atoms with Crippen molar-refractivity contribution >= 4 is 60.8 Å². The fraction of sp³-hybridized carbons (Fsp3) is 0. The van der Waals surface area contributed by atoms with Crippen molar-refractivity contribution in [2.45, 2.75) is 0 Å². The van der Waals surface area contributed by atoms with Gasteiger partial charge in [-0.1, -0.05) is 164 Å². The fourth-order valence-electron chi connectivity index (χ4n) is 8.48. The zero-order valence-electron chi connectivity index (χ0n) is 31.1. The number of rotatable bonds is 7. The standard InChI is InChI=1S/C54H36N2O/c1-4-14-37(15-5-1)40-24-30-43(31-25-40)55(44-32-26-41(27-33-44)38-16-6-2-7-17-38)50-36-48-46-20-11-13-23-51(46)57-54(48)53-52(50)47-21-10-12-22-49(47)56(53)45-34-28-42(29-35-45)39-18-8-3-9-19-39/h1-36H. The summed E-state index contributed by atoms with van der Waals surface area (Å²) in [6.45, 7) is 0. The molecule has 3 nitrogen and oxygen atoms in total. The summed E-state index contributed by atoms with van der Waals surface area (Å²) in [7, 11) is 0. The minimum atomic E-state index is 0.869. The Hall–Kier alpha value is -7.62. The van der Waals surface area contributed by atoms with Crippen LogP contribution in [-0.4, -0.2) is 4.57 Å². The van der Waals surface area contributed by atoms with Crippen LogP contribution >= 0.6 is 0 Å². The Morgan fingerprint density at radius 3 is 1.35 bits per heavy atom. The summed E-state index contributed by atoms with van der Waals surface area (Å²) in [4.78, 5) is 2.42. The summed E-state index contributed by atoms with van der Waals surface area (Å²) in [6, 6.07) is 78.0. The van der Waals surface area contributed by atoms with E-state index in [-0.39, 0.29) is 0 Å². The predicted octanol–water partition coefficient (Wildman–Crippen LogP) is 15.2. The van der Waals surface area contributed by atoms with E-state index in [0.29, 0.717) is 0 Å². The molecule has 0 saturated heterocycles. The van der Waals surface area contributed by atoms with E-state index in [2.05, 4.69) is 228 Å². The molecule has 3 heteroatoms. The first-order chi connectivity index (χ1) is 28.3. The van der Waals surface area contributed by atoms with Crippen LogP contribution in [0.4, 0.5) is 17.1 Å². The van der Waals surface area contributed by atoms with Crippen LogP contribution in [0.15, 0.2) is 223 Å². The number of hydrogen-bond acceptors (Lipinski definition) is 2. The van der Waals surface area contributed by atoms with Gasteiger partial charge in [0.2, 0.25) is 0 Å². The van der Waals surface area contributed by atoms with Crippen LogP contribution in [0, 0.1) is 0 Å². The van der Waals surface area contributed by atoms with Crippen LogP contribution in [0.5, 0.6) is 0 Å². The molecule has 268 valence electrons. The van der Waals surface area contributed by atoms with Crippen molar-refractivity contribution in [1.82, 2.24) is 4.57 Å². The summed E-state index contributed by atoms with van der Waals surface area (Å²) in [6.07, 6.45) is 0. The Morgan fingerprint density at radius 2 is 0.807 bits per heavy atom. The van der Waals surface area contributed by atoms with Crippen molar-refractivity contribution in [2.75, 3.05) is 4.90 Å². The first-order valence-electron chi connectivity index (χ1n) is 19.4. The molecule has 11 aromatic rings. The molecule has 2 heterocycles. The molecule has 11 rings (SSSR count). The van der Waals surface area contributed by atoms with Gasteiger partial charge in [0, 0.05) is 38.6 Å². The molecule has 0 saturated carbocycles. The van der Waals surface area contributed by atoms with Crippen LogP contribution in [0.1, 0.15) is 0 Å². The topological polar surface area (TPSA) is 21.3 Å². The van der Waals surface area contributed by atoms with Gasteiger partial charge in [0.05, 0.1) is 16.7 Å². The predicted molar refractivity (Wildman–Crippen MR) is 239 cm³/mol. The normalized spacial score (nSPS) is 11.5. The van der Waals surface area contributed by atoms with E-state index >= 15 is 0 Å². The van der Waals surface area contributed by atoms with Crippen LogP contribution in [0.2, 0.25) is 0 Å². The van der Waals surface area contributed by atoms with Gasteiger partial charge in [0.25, 0.3) is 0 Å². The lowest BCUT2D eigenvalue weighted by Gasteiger charge is -2.27. The Morgan fingerprint density at radius 1 is 0.368 bits per heavy atom. The molecule has 57 heavy (non-hydrogen) atoms. The van der Waals surface area contributed by atoms with Gasteiger partial charge < -0.3 is 13.9 Å². The van der Waals surface area contributed by atoms with E-state index < -0.39 is 0 Å². The third-order valence-corrected chi connectivity index (χ3v) is 11.2. The lowest BCUT2D eigenvalue weighted by Crippen LogP contribution is -2.10. The molecule has 0 aliphatic heterocycles. The van der Waals surface area contributed by atoms with E-state index in [1.165, 1.54) is 33.4 Å². The van der Waals surface area contributed by atoms with E-state index in [9.17, 15) is 0 Å². The minimum Gasteiger partial charge on any atom is -0.454 e. The van der Waals surface area contributed by atoms with Gasteiger partial charge in [-0.15, -0.1) is 0 Å². The van der Waals surface area contributed by atoms with Gasteiger partial charge in [0.15, 0.2) is 5.58 Å². The van der Waals surface area contributed by atoms with Crippen molar-refractivity contribution in [2.24, 2.45) is 0 Å². The van der Waals surface area contributed by atoms with Gasteiger partial charge in [-0.25, -0.2) is 0 Å². The smallest absolute Gasteiger partial charge is 0.160 e. The highest BCUT2D eigenvalue weighted by molar-refractivity contribution is 6.27. The minimum absolute atomic E-state index is 0.869. The second-order valence-electron chi connectivity index (χ2n) is 14.5. The number of para-hydroxylation sites is 2. The third kappa shape index (κ3) is 5.60. The highest BCUT2D eigenvalue weighted by Crippen LogP contribution is 2.49. The van der Waals surface area contributed by atoms with Crippen molar-refractivity contribution in [3.05, 3.63) is 218 Å². The summed E-state index contributed by atoms with van der Waals surface area (Å²) >= 11 is 0. The molecule has 0 radical (unpaired) electrons. The highest BCUT2D eigenvalue weighted by Gasteiger charge is 2.26. The molecule has 0 amide bonds. The first kappa shape index (κ1) is 32.8. The fourth-order valence-corrected chi connectivity index (χ4v) is 8.48. The van der Waals surface area contributed by atoms with Crippen molar-refractivity contribution in [1.29, 1.82) is 0 Å². The largest absolute Gasteiger partial charge is 0.454 e. The third-order valence-electron chi connectivity index (χ3n) is 11.2. The van der Waals surface area contributed by atoms with Gasteiger partial charge in [-0.2, -0.15) is 0 Å². The molecule has 0 fully saturated rings. The summed E-state index contributed by atoms with van der Waals surface area (Å²) in [5, 5.41) is 4.45. The number of nitrogens with zero attached hydrogens (tertiary/aromatic N) is 2. The van der Waals surface area contributed by atoms with Crippen molar-refractivity contribution < 1.29 is 4.42 Å². The van der Waals surface area contributed by atoms with Crippen molar-refractivity contribution in [3.63, 3.8) is 0 Å². The summed E-state index contributed by atoms with van der Waals surface area (Å²) in [5.41, 5.74) is 15.3. The SMILES string of the molecule is c1ccc(-c2ccc(N(c3ccc(-c4ccccc4)cc3)c3cc4c5ccccc5oc4c4c3c3ccccc3n4-c3ccc(-c4ccccc4)cc3)cc2)cc1. The molecule has 0 spiro atoms. The Kier molecular flexibility index (Phi) is 7.82. The van der Waals surface area contributed by atoms with Crippen LogP contribution < -0.4 is 4.90 Å². The van der Waals surface area contributed by atoms with Gasteiger partial charge in [-0.05, 0) is 88.0 Å². The maximum atomic E-state index is 6.89. The van der Waals surface area contributed by atoms with Gasteiger partial charge >= 0.3 is 0 Å². The second-order valence-corrected chi connectivity index (χ2v) is 14.5. The molecule has 2 aromatic heterocycles. The maximum absolute atomic E-state index is 6.89. The second kappa shape index (κ2) is 13.6. The van der Waals surface area contributed by atoms with Gasteiger partial charge in [-0.3, -0.25) is 0 Å². The summed E-state index contributed by atoms with van der Waals surface area (Å²) in [5.74, 6) is 0. The molecule has 0 unspecified atom stereocenters. The maximum Gasteiger partial charge on any atom is 0.160 e. The van der Waals surface area contributed by atoms with E-state index in [1.54, 1.807) is 0 Å². The quantitative estimate of drug-likeness (QED) is 0.163. The Balaban J connectivity index is 1.20. The molecule has 0 aliphatic rings. The lowest BCUT2D eigenvalue weighted by molar-refractivity contribution is 0.671. The number of anilines is 3. The number of hydrogen-bond donors (Lipinski definition) is 0. The zero-order chi connectivity index (χ0) is 37.7. The Bertz CT molecular complexity index is 3100. The van der Waals surface area contributed by atoms with E-state index in [4.69, 9.17) is 4.42 Å². The van der Waals surface area contributed by atoms with Crippen LogP contribution in [0.3, 0.4) is 0 Å². The molecule has 9 aromatic carbocycles. The zero-order valence-corrected chi connectivity index (χ0v) is 31.1.